The van der Waals surface area contributed by atoms with E-state index >= 15 is 0 Å². The molecule has 1 rings (SSSR count). The average molecular weight is 285 g/mol. The van der Waals surface area contributed by atoms with Crippen molar-refractivity contribution in [1.82, 2.24) is 5.01 Å². The summed E-state index contributed by atoms with van der Waals surface area (Å²) in [5.41, 5.74) is 1.17. The number of halogens is 4. The summed E-state index contributed by atoms with van der Waals surface area (Å²) in [6.45, 7) is 0.747. The van der Waals surface area contributed by atoms with Gasteiger partial charge < -0.3 is 5.11 Å². The standard InChI is InChI=1S/C8H11ClN2.C2HF3O2/c1-11(10)6-7-2-4-8(9)5-3-7;3-2(4,5)1(6)7/h2-5H,6,10H2,1H3;(H,6,7). The van der Waals surface area contributed by atoms with E-state index in [-0.39, 0.29) is 0 Å². The number of nitrogens with two attached hydrogens (primary N) is 1. The summed E-state index contributed by atoms with van der Waals surface area (Å²) < 4.78 is 31.7. The van der Waals surface area contributed by atoms with E-state index in [0.29, 0.717) is 0 Å². The first kappa shape index (κ1) is 16.7. The van der Waals surface area contributed by atoms with Crippen LogP contribution in [0.25, 0.3) is 0 Å². The average Bonchev–Trinajstić information content (AvgIpc) is 2.20. The van der Waals surface area contributed by atoms with Crippen LogP contribution in [0.15, 0.2) is 24.3 Å². The van der Waals surface area contributed by atoms with Crippen LogP contribution in [0.2, 0.25) is 5.02 Å². The Bertz CT molecular complexity index is 380. The Balaban J connectivity index is 0.000000360. The smallest absolute Gasteiger partial charge is 0.475 e. The second-order valence-corrected chi connectivity index (χ2v) is 3.78. The van der Waals surface area contributed by atoms with Gasteiger partial charge in [0.25, 0.3) is 0 Å². The van der Waals surface area contributed by atoms with Crippen LogP contribution < -0.4 is 5.84 Å². The van der Waals surface area contributed by atoms with Crippen molar-refractivity contribution in [3.8, 4) is 0 Å². The molecule has 0 atom stereocenters. The molecule has 0 spiro atoms. The van der Waals surface area contributed by atoms with Crippen molar-refractivity contribution in [1.29, 1.82) is 0 Å². The van der Waals surface area contributed by atoms with Crippen molar-refractivity contribution in [2.75, 3.05) is 7.05 Å². The van der Waals surface area contributed by atoms with Gasteiger partial charge in [0.2, 0.25) is 0 Å². The van der Waals surface area contributed by atoms with Gasteiger partial charge in [-0.05, 0) is 17.7 Å². The lowest BCUT2D eigenvalue weighted by Crippen LogP contribution is -2.24. The van der Waals surface area contributed by atoms with Crippen molar-refractivity contribution in [2.24, 2.45) is 5.84 Å². The molecule has 0 aromatic heterocycles. The number of carboxylic acids is 1. The number of carbonyl (C=O) groups is 1. The first-order chi connectivity index (χ1) is 8.12. The lowest BCUT2D eigenvalue weighted by atomic mass is 10.2. The van der Waals surface area contributed by atoms with Crippen LogP contribution >= 0.6 is 11.6 Å². The highest BCUT2D eigenvalue weighted by molar-refractivity contribution is 6.30. The van der Waals surface area contributed by atoms with E-state index in [1.165, 1.54) is 5.56 Å². The van der Waals surface area contributed by atoms with E-state index in [1.807, 2.05) is 31.3 Å². The summed E-state index contributed by atoms with van der Waals surface area (Å²) in [5, 5.41) is 9.51. The maximum Gasteiger partial charge on any atom is 0.490 e. The Labute approximate surface area is 107 Å². The maximum absolute atomic E-state index is 10.6. The predicted octanol–water partition coefficient (Wildman–Crippen LogP) is 2.28. The van der Waals surface area contributed by atoms with Crippen LogP contribution in [0.5, 0.6) is 0 Å². The molecule has 102 valence electrons. The zero-order valence-electron chi connectivity index (χ0n) is 9.41. The zero-order chi connectivity index (χ0) is 14.3. The number of benzene rings is 1. The number of rotatable bonds is 2. The molecule has 8 heteroatoms. The molecule has 1 aromatic carbocycles. The van der Waals surface area contributed by atoms with Gasteiger partial charge in [0.15, 0.2) is 0 Å². The van der Waals surface area contributed by atoms with E-state index in [4.69, 9.17) is 27.3 Å². The van der Waals surface area contributed by atoms with Gasteiger partial charge >= 0.3 is 12.1 Å². The van der Waals surface area contributed by atoms with Crippen molar-refractivity contribution < 1.29 is 23.1 Å². The molecule has 0 aliphatic heterocycles. The number of alkyl halides is 3. The Morgan fingerprint density at radius 2 is 1.78 bits per heavy atom. The molecule has 3 N–H and O–H groups in total. The Morgan fingerprint density at radius 3 is 2.06 bits per heavy atom. The van der Waals surface area contributed by atoms with Crippen molar-refractivity contribution in [3.05, 3.63) is 34.9 Å². The molecule has 0 aliphatic rings. The minimum atomic E-state index is -5.08. The largest absolute Gasteiger partial charge is 0.490 e. The van der Waals surface area contributed by atoms with Gasteiger partial charge in [-0.25, -0.2) is 9.80 Å². The van der Waals surface area contributed by atoms with Gasteiger partial charge in [0.1, 0.15) is 0 Å². The summed E-state index contributed by atoms with van der Waals surface area (Å²) in [6.07, 6.45) is -5.08. The Morgan fingerprint density at radius 1 is 1.39 bits per heavy atom. The van der Waals surface area contributed by atoms with E-state index in [1.54, 1.807) is 5.01 Å². The van der Waals surface area contributed by atoms with Gasteiger partial charge in [-0.15, -0.1) is 0 Å². The zero-order valence-corrected chi connectivity index (χ0v) is 10.2. The number of hydrogen-bond acceptors (Lipinski definition) is 3. The number of hydrogen-bond donors (Lipinski definition) is 2. The summed E-state index contributed by atoms with van der Waals surface area (Å²) in [7, 11) is 1.83. The molecule has 0 heterocycles. The minimum absolute atomic E-state index is 0.747. The quantitative estimate of drug-likeness (QED) is 0.646. The molecular formula is C10H12ClF3N2O2. The summed E-state index contributed by atoms with van der Waals surface area (Å²) in [6, 6.07) is 7.65. The molecular weight excluding hydrogens is 273 g/mol. The molecule has 0 amide bonds. The summed E-state index contributed by atoms with van der Waals surface area (Å²) in [4.78, 5) is 8.90. The van der Waals surface area contributed by atoms with Gasteiger partial charge in [-0.1, -0.05) is 23.7 Å². The van der Waals surface area contributed by atoms with E-state index in [0.717, 1.165) is 11.6 Å². The van der Waals surface area contributed by atoms with E-state index in [9.17, 15) is 13.2 Å². The monoisotopic (exact) mass is 284 g/mol. The highest BCUT2D eigenvalue weighted by atomic mass is 35.5. The third-order valence-electron chi connectivity index (χ3n) is 1.59. The molecule has 1 aromatic rings. The summed E-state index contributed by atoms with van der Waals surface area (Å²) >= 11 is 5.70. The number of carboxylic acid groups (broad SMARTS) is 1. The third kappa shape index (κ3) is 7.88. The van der Waals surface area contributed by atoms with Gasteiger partial charge in [-0.3, -0.25) is 5.84 Å². The molecule has 4 nitrogen and oxygen atoms in total. The minimum Gasteiger partial charge on any atom is -0.475 e. The fourth-order valence-electron chi connectivity index (χ4n) is 0.878. The molecule has 0 saturated carbocycles. The van der Waals surface area contributed by atoms with Crippen LogP contribution in [0, 0.1) is 0 Å². The Hall–Kier alpha value is -1.31. The summed E-state index contributed by atoms with van der Waals surface area (Å²) in [5.74, 6) is 2.71. The van der Waals surface area contributed by atoms with Crippen LogP contribution in [-0.2, 0) is 11.3 Å². The number of aliphatic carboxylic acids is 1. The van der Waals surface area contributed by atoms with Gasteiger partial charge in [-0.2, -0.15) is 13.2 Å². The highest BCUT2D eigenvalue weighted by Gasteiger charge is 2.38. The number of hydrazine groups is 1. The van der Waals surface area contributed by atoms with Gasteiger partial charge in [0.05, 0.1) is 0 Å². The second-order valence-electron chi connectivity index (χ2n) is 3.34. The molecule has 0 bridgehead atoms. The molecule has 0 radical (unpaired) electrons. The lowest BCUT2D eigenvalue weighted by Gasteiger charge is -2.08. The number of nitrogens with zero attached hydrogens (tertiary/aromatic N) is 1. The molecule has 0 aliphatic carbocycles. The predicted molar refractivity (Wildman–Crippen MR) is 60.8 cm³/mol. The topological polar surface area (TPSA) is 66.6 Å². The fourth-order valence-corrected chi connectivity index (χ4v) is 1.00. The molecule has 18 heavy (non-hydrogen) atoms. The molecule has 0 unspecified atom stereocenters. The van der Waals surface area contributed by atoms with Crippen molar-refractivity contribution in [3.63, 3.8) is 0 Å². The maximum atomic E-state index is 10.6. The first-order valence-electron chi connectivity index (χ1n) is 4.63. The SMILES string of the molecule is CN(N)Cc1ccc(Cl)cc1.O=C(O)C(F)(F)F. The highest BCUT2D eigenvalue weighted by Crippen LogP contribution is 2.13. The lowest BCUT2D eigenvalue weighted by molar-refractivity contribution is -0.192. The van der Waals surface area contributed by atoms with Gasteiger partial charge in [0, 0.05) is 18.6 Å². The second kappa shape index (κ2) is 7.20. The van der Waals surface area contributed by atoms with E-state index < -0.39 is 12.1 Å². The van der Waals surface area contributed by atoms with Crippen LogP contribution in [0.4, 0.5) is 13.2 Å². The van der Waals surface area contributed by atoms with Crippen LogP contribution in [0.3, 0.4) is 0 Å². The van der Waals surface area contributed by atoms with E-state index in [2.05, 4.69) is 0 Å². The third-order valence-corrected chi connectivity index (χ3v) is 1.84. The molecule has 0 fully saturated rings. The Kier molecular flexibility index (Phi) is 6.67. The normalized spacial score (nSPS) is 10.8. The fraction of sp³-hybridized carbons (Fsp3) is 0.300. The van der Waals surface area contributed by atoms with Crippen LogP contribution in [0.1, 0.15) is 5.56 Å². The van der Waals surface area contributed by atoms with Crippen molar-refractivity contribution >= 4 is 17.6 Å². The molecule has 0 saturated heterocycles. The van der Waals surface area contributed by atoms with Crippen molar-refractivity contribution in [2.45, 2.75) is 12.7 Å². The first-order valence-corrected chi connectivity index (χ1v) is 5.01. The van der Waals surface area contributed by atoms with Crippen LogP contribution in [-0.4, -0.2) is 29.3 Å².